The van der Waals surface area contributed by atoms with E-state index in [-0.39, 0.29) is 19.1 Å². The summed E-state index contributed by atoms with van der Waals surface area (Å²) in [7, 11) is 1.59. The van der Waals surface area contributed by atoms with Crippen LogP contribution >= 0.6 is 7.82 Å². The Morgan fingerprint density at radius 1 is 0.453 bits per heavy atom. The minimum absolute atomic E-state index is 0.0637. The summed E-state index contributed by atoms with van der Waals surface area (Å²) >= 11 is 0. The van der Waals surface area contributed by atoms with Crippen molar-refractivity contribution < 1.29 is 32.9 Å². The maximum absolute atomic E-state index is 13.0. The SMILES string of the molecule is CCCCCCC/C=C\C/C=C\CCCCCCCCCCCCCCCCCCCCCCCCCC(=O)NC(COP(=O)(O)OCC[N+](C)(C)C)C(O)/C=C/CCCCCCCCCCCCCCCCCC. The Bertz CT molecular complexity index is 1320. The Morgan fingerprint density at radius 3 is 1.09 bits per heavy atom. The molecule has 75 heavy (non-hydrogen) atoms. The maximum Gasteiger partial charge on any atom is 0.472 e. The summed E-state index contributed by atoms with van der Waals surface area (Å²) in [6, 6.07) is -0.845. The number of amides is 1. The lowest BCUT2D eigenvalue weighted by Gasteiger charge is -2.25. The summed E-state index contributed by atoms with van der Waals surface area (Å²) in [5, 5.41) is 14.0. The van der Waals surface area contributed by atoms with Gasteiger partial charge in [0.25, 0.3) is 0 Å². The molecule has 1 amide bonds. The van der Waals surface area contributed by atoms with E-state index in [4.69, 9.17) is 9.05 Å². The van der Waals surface area contributed by atoms with E-state index in [0.717, 1.165) is 38.5 Å². The molecule has 0 radical (unpaired) electrons. The monoisotopic (exact) mass is 1080 g/mol. The van der Waals surface area contributed by atoms with Crippen LogP contribution in [0.2, 0.25) is 0 Å². The predicted molar refractivity (Wildman–Crippen MR) is 328 cm³/mol. The first-order valence-electron chi connectivity index (χ1n) is 32.9. The highest BCUT2D eigenvalue weighted by molar-refractivity contribution is 7.47. The third-order valence-electron chi connectivity index (χ3n) is 15.1. The van der Waals surface area contributed by atoms with Gasteiger partial charge in [-0.1, -0.05) is 307 Å². The number of nitrogens with zero attached hydrogens (tertiary/aromatic N) is 1. The van der Waals surface area contributed by atoms with E-state index in [1.807, 2.05) is 27.2 Å². The number of phosphoric acid groups is 1. The fraction of sp³-hybridized carbons (Fsp3) is 0.894. The summed E-state index contributed by atoms with van der Waals surface area (Å²) in [4.78, 5) is 23.4. The van der Waals surface area contributed by atoms with E-state index in [9.17, 15) is 19.4 Å². The van der Waals surface area contributed by atoms with Gasteiger partial charge in [-0.05, 0) is 51.4 Å². The molecule has 8 nitrogen and oxygen atoms in total. The molecule has 0 fully saturated rings. The number of nitrogens with one attached hydrogen (secondary N) is 1. The van der Waals surface area contributed by atoms with Crippen molar-refractivity contribution in [3.8, 4) is 0 Å². The molecule has 0 rings (SSSR count). The molecule has 3 atom stereocenters. The lowest BCUT2D eigenvalue weighted by molar-refractivity contribution is -0.870. The molecule has 0 aliphatic carbocycles. The molecule has 0 aliphatic heterocycles. The zero-order valence-corrected chi connectivity index (χ0v) is 51.7. The second kappa shape index (κ2) is 57.4. The lowest BCUT2D eigenvalue weighted by atomic mass is 10.0. The van der Waals surface area contributed by atoms with Crippen LogP contribution in [0, 0.1) is 0 Å². The van der Waals surface area contributed by atoms with Crippen molar-refractivity contribution in [2.75, 3.05) is 40.9 Å². The van der Waals surface area contributed by atoms with Crippen LogP contribution in [0.4, 0.5) is 0 Å². The molecule has 0 aromatic heterocycles. The standard InChI is InChI=1S/C66H129N2O6P/c1-6-8-10-12-14-16-18-20-22-24-26-27-28-29-30-31-32-33-34-35-36-37-38-39-40-41-42-44-46-48-50-52-54-56-58-60-66(70)67-64(63-74-75(71,72)73-62-61-68(3,4)5)65(69)59-57-55-53-51-49-47-45-43-25-23-21-19-17-15-13-11-9-7-2/h18,20,24,26,57,59,64-65,69H,6-17,19,21-23,25,27-56,58,60-63H2,1-5H3,(H-,67,70,71,72)/p+1/b20-18-,26-24-,59-57+. The molecule has 3 N–H and O–H groups in total. The minimum atomic E-state index is -4.35. The number of quaternary nitrogens is 1. The summed E-state index contributed by atoms with van der Waals surface area (Å²) < 4.78 is 23.8. The van der Waals surface area contributed by atoms with Crippen molar-refractivity contribution in [2.45, 2.75) is 341 Å². The van der Waals surface area contributed by atoms with Gasteiger partial charge in [-0.2, -0.15) is 0 Å². The summed E-state index contributed by atoms with van der Waals surface area (Å²) in [6.45, 7) is 4.85. The van der Waals surface area contributed by atoms with Crippen molar-refractivity contribution in [1.29, 1.82) is 0 Å². The zero-order valence-electron chi connectivity index (χ0n) is 50.8. The van der Waals surface area contributed by atoms with Crippen LogP contribution in [-0.2, 0) is 18.4 Å². The van der Waals surface area contributed by atoms with E-state index in [1.54, 1.807) is 6.08 Å². The Kier molecular flexibility index (Phi) is 56.4. The average molecular weight is 1080 g/mol. The smallest absolute Gasteiger partial charge is 0.387 e. The van der Waals surface area contributed by atoms with E-state index < -0.39 is 20.0 Å². The molecule has 3 unspecified atom stereocenters. The van der Waals surface area contributed by atoms with Gasteiger partial charge in [0.15, 0.2) is 0 Å². The Morgan fingerprint density at radius 2 is 0.760 bits per heavy atom. The number of carbonyl (C=O) groups is 1. The van der Waals surface area contributed by atoms with E-state index >= 15 is 0 Å². The van der Waals surface area contributed by atoms with Crippen LogP contribution in [0.15, 0.2) is 36.5 Å². The number of likely N-dealkylation sites (N-methyl/N-ethyl adjacent to an activating group) is 1. The maximum atomic E-state index is 13.0. The van der Waals surface area contributed by atoms with Gasteiger partial charge in [-0.25, -0.2) is 4.57 Å². The second-order valence-corrected chi connectivity index (χ2v) is 25.3. The lowest BCUT2D eigenvalue weighted by Crippen LogP contribution is -2.45. The number of aliphatic hydroxyl groups excluding tert-OH is 1. The van der Waals surface area contributed by atoms with Gasteiger partial charge in [-0.3, -0.25) is 13.8 Å². The van der Waals surface area contributed by atoms with Crippen LogP contribution < -0.4 is 5.32 Å². The van der Waals surface area contributed by atoms with Crippen LogP contribution in [0.3, 0.4) is 0 Å². The van der Waals surface area contributed by atoms with Crippen LogP contribution in [0.1, 0.15) is 328 Å². The van der Waals surface area contributed by atoms with E-state index in [1.165, 1.54) is 270 Å². The molecule has 0 saturated carbocycles. The molecule has 0 spiro atoms. The van der Waals surface area contributed by atoms with Crippen molar-refractivity contribution in [3.63, 3.8) is 0 Å². The van der Waals surface area contributed by atoms with Gasteiger partial charge in [0.2, 0.25) is 5.91 Å². The highest BCUT2D eigenvalue weighted by atomic mass is 31.2. The van der Waals surface area contributed by atoms with E-state index in [0.29, 0.717) is 17.4 Å². The molecular weight excluding hydrogens is 948 g/mol. The van der Waals surface area contributed by atoms with Crippen LogP contribution in [0.25, 0.3) is 0 Å². The fourth-order valence-electron chi connectivity index (χ4n) is 9.96. The van der Waals surface area contributed by atoms with Crippen LogP contribution in [0.5, 0.6) is 0 Å². The molecule has 0 heterocycles. The normalized spacial score (nSPS) is 14.0. The number of aliphatic hydroxyl groups is 1. The molecular formula is C66H130N2O6P+. The third-order valence-corrected chi connectivity index (χ3v) is 16.1. The molecule has 0 aliphatic rings. The Balaban J connectivity index is 3.98. The number of hydrogen-bond donors (Lipinski definition) is 3. The van der Waals surface area contributed by atoms with Crippen molar-refractivity contribution in [2.24, 2.45) is 0 Å². The van der Waals surface area contributed by atoms with Gasteiger partial charge in [-0.15, -0.1) is 0 Å². The Labute approximate surface area is 467 Å². The molecule has 0 aromatic rings. The van der Waals surface area contributed by atoms with Gasteiger partial charge >= 0.3 is 7.82 Å². The van der Waals surface area contributed by atoms with Crippen molar-refractivity contribution in [3.05, 3.63) is 36.5 Å². The molecule has 9 heteroatoms. The summed E-state index contributed by atoms with van der Waals surface area (Å²) in [6.07, 6.45) is 75.6. The highest BCUT2D eigenvalue weighted by Gasteiger charge is 2.28. The highest BCUT2D eigenvalue weighted by Crippen LogP contribution is 2.43. The first kappa shape index (κ1) is 73.7. The molecule has 0 aromatic carbocycles. The summed E-state index contributed by atoms with van der Waals surface area (Å²) in [5.41, 5.74) is 0. The summed E-state index contributed by atoms with van der Waals surface area (Å²) in [5.74, 6) is -0.170. The molecule has 0 saturated heterocycles. The van der Waals surface area contributed by atoms with Gasteiger partial charge in [0.1, 0.15) is 13.2 Å². The number of hydrogen-bond acceptors (Lipinski definition) is 5. The first-order chi connectivity index (χ1) is 36.5. The number of allylic oxidation sites excluding steroid dienone is 5. The third kappa shape index (κ3) is 60.2. The average Bonchev–Trinajstić information content (AvgIpc) is 3.37. The first-order valence-corrected chi connectivity index (χ1v) is 34.4. The predicted octanol–water partition coefficient (Wildman–Crippen LogP) is 20.5. The Hall–Kier alpha value is -1.28. The zero-order chi connectivity index (χ0) is 54.9. The van der Waals surface area contributed by atoms with Gasteiger partial charge in [0.05, 0.1) is 39.9 Å². The second-order valence-electron chi connectivity index (χ2n) is 23.8. The van der Waals surface area contributed by atoms with Crippen LogP contribution in [-0.4, -0.2) is 73.4 Å². The molecule has 0 bridgehead atoms. The van der Waals surface area contributed by atoms with Crippen molar-refractivity contribution >= 4 is 13.7 Å². The van der Waals surface area contributed by atoms with Crippen molar-refractivity contribution in [1.82, 2.24) is 5.32 Å². The quantitative estimate of drug-likeness (QED) is 0.0243. The topological polar surface area (TPSA) is 105 Å². The number of rotatable bonds is 61. The number of carbonyl (C=O) groups excluding carboxylic acids is 1. The molecule has 444 valence electrons. The fourth-order valence-corrected chi connectivity index (χ4v) is 10.7. The largest absolute Gasteiger partial charge is 0.472 e. The van der Waals surface area contributed by atoms with Gasteiger partial charge < -0.3 is 19.8 Å². The minimum Gasteiger partial charge on any atom is -0.387 e. The van der Waals surface area contributed by atoms with Gasteiger partial charge in [0, 0.05) is 6.42 Å². The number of phosphoric ester groups is 1. The van der Waals surface area contributed by atoms with E-state index in [2.05, 4.69) is 43.5 Å². The number of unbranched alkanes of at least 4 members (excludes halogenated alkanes) is 44.